The summed E-state index contributed by atoms with van der Waals surface area (Å²) in [6, 6.07) is 16.1. The fraction of sp³-hybridized carbons (Fsp3) is 0.0625. The van der Waals surface area contributed by atoms with Gasteiger partial charge in [-0.05, 0) is 55.0 Å². The molecule has 19 heavy (non-hydrogen) atoms. The molecule has 0 aliphatic rings. The minimum Gasteiger partial charge on any atom is -0.399 e. The van der Waals surface area contributed by atoms with E-state index in [4.69, 9.17) is 5.73 Å². The lowest BCUT2D eigenvalue weighted by Gasteiger charge is -2.09. The Morgan fingerprint density at radius 3 is 2.63 bits per heavy atom. The van der Waals surface area contributed by atoms with E-state index in [1.54, 1.807) is 6.20 Å². The van der Waals surface area contributed by atoms with E-state index >= 15 is 0 Å². The van der Waals surface area contributed by atoms with Gasteiger partial charge < -0.3 is 11.1 Å². The van der Waals surface area contributed by atoms with Crippen LogP contribution >= 0.6 is 0 Å². The Kier molecular flexibility index (Phi) is 2.80. The lowest BCUT2D eigenvalue weighted by molar-refractivity contribution is 1.41. The molecular formula is C16H15N3. The van der Waals surface area contributed by atoms with Gasteiger partial charge >= 0.3 is 0 Å². The van der Waals surface area contributed by atoms with Crippen LogP contribution in [0.3, 0.4) is 0 Å². The molecule has 3 rings (SSSR count). The average molecular weight is 249 g/mol. The molecule has 1 heterocycles. The first-order valence-corrected chi connectivity index (χ1v) is 6.20. The monoisotopic (exact) mass is 249 g/mol. The van der Waals surface area contributed by atoms with Crippen LogP contribution in [-0.4, -0.2) is 4.98 Å². The summed E-state index contributed by atoms with van der Waals surface area (Å²) < 4.78 is 0. The second-order valence-electron chi connectivity index (χ2n) is 4.61. The second kappa shape index (κ2) is 4.61. The van der Waals surface area contributed by atoms with Crippen LogP contribution in [0.2, 0.25) is 0 Å². The van der Waals surface area contributed by atoms with E-state index in [9.17, 15) is 0 Å². The Morgan fingerprint density at radius 1 is 1.00 bits per heavy atom. The molecule has 3 aromatic rings. The van der Waals surface area contributed by atoms with Crippen LogP contribution in [0.4, 0.5) is 17.1 Å². The first kappa shape index (κ1) is 11.5. The predicted molar refractivity (Wildman–Crippen MR) is 80.6 cm³/mol. The minimum absolute atomic E-state index is 0.813. The highest BCUT2D eigenvalue weighted by Crippen LogP contribution is 2.23. The number of hydrogen-bond donors (Lipinski definition) is 2. The third kappa shape index (κ3) is 2.36. The average Bonchev–Trinajstić information content (AvgIpc) is 2.43. The van der Waals surface area contributed by atoms with Crippen molar-refractivity contribution in [1.82, 2.24) is 4.98 Å². The highest BCUT2D eigenvalue weighted by atomic mass is 14.9. The van der Waals surface area contributed by atoms with Crippen molar-refractivity contribution in [3.63, 3.8) is 0 Å². The van der Waals surface area contributed by atoms with Gasteiger partial charge in [0.05, 0.1) is 5.52 Å². The molecule has 0 fully saturated rings. The highest BCUT2D eigenvalue weighted by molar-refractivity contribution is 5.83. The van der Waals surface area contributed by atoms with Gasteiger partial charge in [0.25, 0.3) is 0 Å². The fourth-order valence-electron chi connectivity index (χ4n) is 2.07. The topological polar surface area (TPSA) is 50.9 Å². The van der Waals surface area contributed by atoms with Crippen molar-refractivity contribution in [2.45, 2.75) is 6.92 Å². The van der Waals surface area contributed by atoms with Crippen LogP contribution in [0.15, 0.2) is 54.7 Å². The number of aryl methyl sites for hydroxylation is 1. The smallest absolute Gasteiger partial charge is 0.0703 e. The molecule has 3 heteroatoms. The zero-order valence-corrected chi connectivity index (χ0v) is 10.7. The number of nitrogens with zero attached hydrogens (tertiary/aromatic N) is 1. The summed E-state index contributed by atoms with van der Waals surface area (Å²) in [6.45, 7) is 2.00. The van der Waals surface area contributed by atoms with Gasteiger partial charge in [0.1, 0.15) is 0 Å². The van der Waals surface area contributed by atoms with E-state index in [-0.39, 0.29) is 0 Å². The summed E-state index contributed by atoms with van der Waals surface area (Å²) in [6.07, 6.45) is 1.80. The summed E-state index contributed by atoms with van der Waals surface area (Å²) in [5.74, 6) is 0. The predicted octanol–water partition coefficient (Wildman–Crippen LogP) is 3.87. The Hall–Kier alpha value is -2.55. The molecule has 2 aromatic carbocycles. The van der Waals surface area contributed by atoms with Crippen molar-refractivity contribution in [2.75, 3.05) is 11.1 Å². The lowest BCUT2D eigenvalue weighted by atomic mass is 10.1. The third-order valence-electron chi connectivity index (χ3n) is 3.16. The Bertz CT molecular complexity index is 735. The maximum absolute atomic E-state index is 5.82. The maximum Gasteiger partial charge on any atom is 0.0703 e. The Balaban J connectivity index is 1.94. The van der Waals surface area contributed by atoms with Crippen molar-refractivity contribution >= 4 is 28.0 Å². The van der Waals surface area contributed by atoms with Gasteiger partial charge in [-0.15, -0.1) is 0 Å². The van der Waals surface area contributed by atoms with Crippen molar-refractivity contribution in [1.29, 1.82) is 0 Å². The number of pyridine rings is 1. The maximum atomic E-state index is 5.82. The number of anilines is 3. The van der Waals surface area contributed by atoms with E-state index in [1.165, 1.54) is 0 Å². The number of benzene rings is 2. The van der Waals surface area contributed by atoms with Crippen molar-refractivity contribution < 1.29 is 0 Å². The van der Waals surface area contributed by atoms with E-state index < -0.39 is 0 Å². The van der Waals surface area contributed by atoms with Crippen molar-refractivity contribution in [3.8, 4) is 0 Å². The first-order chi connectivity index (χ1) is 9.22. The molecule has 94 valence electrons. The molecular weight excluding hydrogens is 234 g/mol. The zero-order valence-electron chi connectivity index (χ0n) is 10.7. The number of rotatable bonds is 2. The number of fused-ring (bicyclic) bond motifs is 1. The molecule has 0 amide bonds. The van der Waals surface area contributed by atoms with Gasteiger partial charge in [0, 0.05) is 28.6 Å². The van der Waals surface area contributed by atoms with Crippen LogP contribution in [0.1, 0.15) is 5.56 Å². The molecule has 1 aromatic heterocycles. The number of nitrogens with two attached hydrogens (primary N) is 1. The largest absolute Gasteiger partial charge is 0.399 e. The van der Waals surface area contributed by atoms with E-state index in [0.29, 0.717) is 0 Å². The van der Waals surface area contributed by atoms with E-state index in [2.05, 4.69) is 22.4 Å². The molecule has 0 bridgehead atoms. The summed E-state index contributed by atoms with van der Waals surface area (Å²) in [5, 5.41) is 4.51. The second-order valence-corrected chi connectivity index (χ2v) is 4.61. The van der Waals surface area contributed by atoms with Gasteiger partial charge in [0.15, 0.2) is 0 Å². The van der Waals surface area contributed by atoms with Crippen LogP contribution in [0.25, 0.3) is 10.9 Å². The molecule has 0 unspecified atom stereocenters. The summed E-state index contributed by atoms with van der Waals surface area (Å²) >= 11 is 0. The third-order valence-corrected chi connectivity index (χ3v) is 3.16. The Morgan fingerprint density at radius 2 is 1.79 bits per heavy atom. The SMILES string of the molecule is Cc1cc(Nc2ccc3ncccc3c2)ccc1N. The molecule has 0 radical (unpaired) electrons. The van der Waals surface area contributed by atoms with Crippen LogP contribution < -0.4 is 11.1 Å². The molecule has 0 atom stereocenters. The molecule has 3 N–H and O–H groups in total. The molecule has 0 saturated heterocycles. The fourth-order valence-corrected chi connectivity index (χ4v) is 2.07. The van der Waals surface area contributed by atoms with Gasteiger partial charge in [-0.3, -0.25) is 4.98 Å². The van der Waals surface area contributed by atoms with Gasteiger partial charge in [0.2, 0.25) is 0 Å². The van der Waals surface area contributed by atoms with E-state index in [1.807, 2.05) is 43.3 Å². The van der Waals surface area contributed by atoms with Crippen LogP contribution in [0, 0.1) is 6.92 Å². The van der Waals surface area contributed by atoms with Crippen LogP contribution in [-0.2, 0) is 0 Å². The summed E-state index contributed by atoms with van der Waals surface area (Å²) in [7, 11) is 0. The minimum atomic E-state index is 0.813. The Labute approximate surface area is 112 Å². The van der Waals surface area contributed by atoms with Crippen molar-refractivity contribution in [2.24, 2.45) is 0 Å². The normalized spacial score (nSPS) is 10.6. The molecule has 0 saturated carbocycles. The number of aromatic nitrogens is 1. The highest BCUT2D eigenvalue weighted by Gasteiger charge is 1.99. The number of nitrogens with one attached hydrogen (secondary N) is 1. The van der Waals surface area contributed by atoms with E-state index in [0.717, 1.165) is 33.5 Å². The number of hydrogen-bond acceptors (Lipinski definition) is 3. The lowest BCUT2D eigenvalue weighted by Crippen LogP contribution is -1.94. The molecule has 3 nitrogen and oxygen atoms in total. The first-order valence-electron chi connectivity index (χ1n) is 6.20. The van der Waals surface area contributed by atoms with Crippen LogP contribution in [0.5, 0.6) is 0 Å². The van der Waals surface area contributed by atoms with Gasteiger partial charge in [-0.25, -0.2) is 0 Å². The summed E-state index contributed by atoms with van der Waals surface area (Å²) in [4.78, 5) is 4.31. The van der Waals surface area contributed by atoms with Gasteiger partial charge in [-0.2, -0.15) is 0 Å². The standard InChI is InChI=1S/C16H15N3/c1-11-9-13(4-6-15(11)17)19-14-5-7-16-12(10-14)3-2-8-18-16/h2-10,19H,17H2,1H3. The zero-order chi connectivity index (χ0) is 13.2. The van der Waals surface area contributed by atoms with Crippen molar-refractivity contribution in [3.05, 3.63) is 60.3 Å². The van der Waals surface area contributed by atoms with Gasteiger partial charge in [-0.1, -0.05) is 6.07 Å². The molecule has 0 aliphatic heterocycles. The quantitative estimate of drug-likeness (QED) is 0.678. The summed E-state index contributed by atoms with van der Waals surface area (Å²) in [5.41, 5.74) is 10.8. The number of nitrogen functional groups attached to an aromatic ring is 1. The molecule has 0 aliphatic carbocycles. The molecule has 0 spiro atoms.